The van der Waals surface area contributed by atoms with Crippen LogP contribution in [0.25, 0.3) is 0 Å². The van der Waals surface area contributed by atoms with Gasteiger partial charge in [-0.05, 0) is 42.3 Å². The molecule has 2 aromatic rings. The lowest BCUT2D eigenvalue weighted by Gasteiger charge is -2.17. The summed E-state index contributed by atoms with van der Waals surface area (Å²) in [7, 11) is -2.33. The minimum absolute atomic E-state index is 0.107. The summed E-state index contributed by atoms with van der Waals surface area (Å²) in [5.74, 6) is 1.31. The van der Waals surface area contributed by atoms with Crippen molar-refractivity contribution in [3.63, 3.8) is 0 Å². The van der Waals surface area contributed by atoms with Gasteiger partial charge in [-0.3, -0.25) is 4.79 Å². The highest BCUT2D eigenvalue weighted by Crippen LogP contribution is 2.17. The van der Waals surface area contributed by atoms with E-state index in [2.05, 4.69) is 24.4 Å². The molecule has 1 N–H and O–H groups in total. The SMILES string of the molecule is Cc1ccccc1CSCCNC(=O)CN(C)S(=O)(=O)c1ccc(Cl)cc1. The summed E-state index contributed by atoms with van der Waals surface area (Å²) >= 11 is 7.51. The average Bonchev–Trinajstić information content (AvgIpc) is 2.63. The van der Waals surface area contributed by atoms with Crippen LogP contribution in [0.3, 0.4) is 0 Å². The van der Waals surface area contributed by atoms with E-state index in [1.807, 2.05) is 12.1 Å². The molecule has 8 heteroatoms. The lowest BCUT2D eigenvalue weighted by Crippen LogP contribution is -2.39. The number of sulfonamides is 1. The normalized spacial score (nSPS) is 11.6. The van der Waals surface area contributed by atoms with Crippen molar-refractivity contribution in [1.82, 2.24) is 9.62 Å². The number of thioether (sulfide) groups is 1. The van der Waals surface area contributed by atoms with Crippen molar-refractivity contribution < 1.29 is 13.2 Å². The van der Waals surface area contributed by atoms with Crippen LogP contribution in [0.2, 0.25) is 5.02 Å². The number of nitrogens with one attached hydrogen (secondary N) is 1. The van der Waals surface area contributed by atoms with E-state index in [9.17, 15) is 13.2 Å². The summed E-state index contributed by atoms with van der Waals surface area (Å²) in [6.07, 6.45) is 0. The second kappa shape index (κ2) is 10.1. The minimum atomic E-state index is -3.72. The number of carbonyl (C=O) groups excluding carboxylic acids is 1. The van der Waals surface area contributed by atoms with Crippen molar-refractivity contribution in [2.24, 2.45) is 0 Å². The number of carbonyl (C=O) groups is 1. The Labute approximate surface area is 170 Å². The van der Waals surface area contributed by atoms with Gasteiger partial charge in [0.1, 0.15) is 0 Å². The fraction of sp³-hybridized carbons (Fsp3) is 0.316. The van der Waals surface area contributed by atoms with Crippen LogP contribution in [0.1, 0.15) is 11.1 Å². The molecule has 0 unspecified atom stereocenters. The van der Waals surface area contributed by atoms with Crippen molar-refractivity contribution in [3.05, 3.63) is 64.7 Å². The smallest absolute Gasteiger partial charge is 0.243 e. The lowest BCUT2D eigenvalue weighted by molar-refractivity contribution is -0.121. The molecule has 0 heterocycles. The highest BCUT2D eigenvalue weighted by atomic mass is 35.5. The predicted molar refractivity (Wildman–Crippen MR) is 112 cm³/mol. The number of nitrogens with zero attached hydrogens (tertiary/aromatic N) is 1. The van der Waals surface area contributed by atoms with Gasteiger partial charge in [-0.2, -0.15) is 16.1 Å². The Kier molecular flexibility index (Phi) is 8.16. The third kappa shape index (κ3) is 6.53. The Bertz CT molecular complexity index is 871. The van der Waals surface area contributed by atoms with Crippen LogP contribution in [0.5, 0.6) is 0 Å². The molecule has 0 atom stereocenters. The Balaban J connectivity index is 1.75. The molecule has 0 spiro atoms. The highest BCUT2D eigenvalue weighted by Gasteiger charge is 2.22. The summed E-state index contributed by atoms with van der Waals surface area (Å²) in [6, 6.07) is 14.1. The predicted octanol–water partition coefficient (Wildman–Crippen LogP) is 3.32. The van der Waals surface area contributed by atoms with E-state index in [0.29, 0.717) is 11.6 Å². The molecular weight excluding hydrogens is 404 g/mol. The molecule has 146 valence electrons. The number of hydrogen-bond acceptors (Lipinski definition) is 4. The van der Waals surface area contributed by atoms with Crippen molar-refractivity contribution in [1.29, 1.82) is 0 Å². The summed E-state index contributed by atoms with van der Waals surface area (Å²) in [6.45, 7) is 2.34. The molecule has 0 aliphatic heterocycles. The van der Waals surface area contributed by atoms with E-state index in [1.54, 1.807) is 11.8 Å². The number of amides is 1. The van der Waals surface area contributed by atoms with Crippen molar-refractivity contribution in [2.75, 3.05) is 25.9 Å². The molecule has 0 fully saturated rings. The maximum absolute atomic E-state index is 12.4. The van der Waals surface area contributed by atoms with Gasteiger partial charge in [-0.15, -0.1) is 0 Å². The molecule has 0 aromatic heterocycles. The second-order valence-corrected chi connectivity index (χ2v) is 9.63. The van der Waals surface area contributed by atoms with E-state index < -0.39 is 10.0 Å². The quantitative estimate of drug-likeness (QED) is 0.624. The fourth-order valence-corrected chi connectivity index (χ4v) is 4.53. The lowest BCUT2D eigenvalue weighted by atomic mass is 10.1. The van der Waals surface area contributed by atoms with Crippen LogP contribution < -0.4 is 5.32 Å². The molecule has 0 aliphatic carbocycles. The number of benzene rings is 2. The Hall–Kier alpha value is -1.54. The highest BCUT2D eigenvalue weighted by molar-refractivity contribution is 7.98. The van der Waals surface area contributed by atoms with Crippen molar-refractivity contribution in [3.8, 4) is 0 Å². The molecule has 2 aromatic carbocycles. The van der Waals surface area contributed by atoms with E-state index in [4.69, 9.17) is 11.6 Å². The minimum Gasteiger partial charge on any atom is -0.354 e. The van der Waals surface area contributed by atoms with Gasteiger partial charge in [0.25, 0.3) is 0 Å². The molecule has 0 saturated carbocycles. The number of hydrogen-bond donors (Lipinski definition) is 1. The number of likely N-dealkylation sites (N-methyl/N-ethyl adjacent to an activating group) is 1. The third-order valence-electron chi connectivity index (χ3n) is 3.98. The van der Waals surface area contributed by atoms with Gasteiger partial charge in [0.2, 0.25) is 15.9 Å². The number of halogens is 1. The van der Waals surface area contributed by atoms with Gasteiger partial charge in [0, 0.05) is 30.1 Å². The average molecular weight is 427 g/mol. The van der Waals surface area contributed by atoms with E-state index >= 15 is 0 Å². The first kappa shape index (κ1) is 21.8. The molecule has 1 amide bonds. The van der Waals surface area contributed by atoms with Gasteiger partial charge in [-0.1, -0.05) is 35.9 Å². The summed E-state index contributed by atoms with van der Waals surface area (Å²) in [5, 5.41) is 3.22. The van der Waals surface area contributed by atoms with E-state index in [1.165, 1.54) is 42.4 Å². The maximum atomic E-state index is 12.4. The second-order valence-electron chi connectivity index (χ2n) is 6.04. The van der Waals surface area contributed by atoms with Crippen LogP contribution in [0, 0.1) is 6.92 Å². The largest absolute Gasteiger partial charge is 0.354 e. The zero-order chi connectivity index (χ0) is 19.9. The summed E-state index contributed by atoms with van der Waals surface area (Å²) in [4.78, 5) is 12.1. The number of aryl methyl sites for hydroxylation is 1. The Morgan fingerprint density at radius 3 is 2.48 bits per heavy atom. The van der Waals surface area contributed by atoms with Gasteiger partial charge >= 0.3 is 0 Å². The third-order valence-corrected chi connectivity index (χ3v) is 7.05. The Morgan fingerprint density at radius 2 is 1.81 bits per heavy atom. The zero-order valence-corrected chi connectivity index (χ0v) is 17.7. The van der Waals surface area contributed by atoms with E-state index in [-0.39, 0.29) is 17.3 Å². The molecule has 0 aliphatic rings. The number of rotatable bonds is 9. The first-order chi connectivity index (χ1) is 12.8. The molecule has 0 saturated heterocycles. The summed E-state index contributed by atoms with van der Waals surface area (Å²) in [5.41, 5.74) is 2.53. The van der Waals surface area contributed by atoms with Crippen LogP contribution in [-0.4, -0.2) is 44.5 Å². The van der Waals surface area contributed by atoms with Gasteiger partial charge in [0.15, 0.2) is 0 Å². The standard InChI is InChI=1S/C19H23ClN2O3S2/c1-15-5-3-4-6-16(15)14-26-12-11-21-19(23)13-22(2)27(24,25)18-9-7-17(20)8-10-18/h3-10H,11-14H2,1-2H3,(H,21,23). The molecule has 5 nitrogen and oxygen atoms in total. The fourth-order valence-electron chi connectivity index (χ4n) is 2.35. The van der Waals surface area contributed by atoms with Crippen molar-refractivity contribution >= 4 is 39.3 Å². The summed E-state index contributed by atoms with van der Waals surface area (Å²) < 4.78 is 25.9. The first-order valence-corrected chi connectivity index (χ1v) is 11.4. The van der Waals surface area contributed by atoms with Crippen LogP contribution >= 0.6 is 23.4 Å². The van der Waals surface area contributed by atoms with E-state index in [0.717, 1.165) is 15.8 Å². The molecule has 0 radical (unpaired) electrons. The molecule has 0 bridgehead atoms. The van der Waals surface area contributed by atoms with Crippen molar-refractivity contribution in [2.45, 2.75) is 17.6 Å². The first-order valence-electron chi connectivity index (χ1n) is 8.41. The molecular formula is C19H23ClN2O3S2. The maximum Gasteiger partial charge on any atom is 0.243 e. The zero-order valence-electron chi connectivity index (χ0n) is 15.3. The van der Waals surface area contributed by atoms with Crippen LogP contribution in [0.4, 0.5) is 0 Å². The van der Waals surface area contributed by atoms with Gasteiger partial charge < -0.3 is 5.32 Å². The monoisotopic (exact) mass is 426 g/mol. The van der Waals surface area contributed by atoms with Gasteiger partial charge in [-0.25, -0.2) is 8.42 Å². The van der Waals surface area contributed by atoms with Gasteiger partial charge in [0.05, 0.1) is 11.4 Å². The Morgan fingerprint density at radius 1 is 1.15 bits per heavy atom. The topological polar surface area (TPSA) is 66.5 Å². The molecule has 2 rings (SSSR count). The molecule has 27 heavy (non-hydrogen) atoms. The van der Waals surface area contributed by atoms with Crippen LogP contribution in [-0.2, 0) is 20.6 Å². The van der Waals surface area contributed by atoms with Crippen LogP contribution in [0.15, 0.2) is 53.4 Å².